The van der Waals surface area contributed by atoms with Crippen molar-refractivity contribution in [2.45, 2.75) is 57.2 Å². The normalized spacial score (nSPS) is 31.5. The van der Waals surface area contributed by atoms with Gasteiger partial charge in [0, 0.05) is 31.7 Å². The summed E-state index contributed by atoms with van der Waals surface area (Å²) in [6.45, 7) is 5.21. The van der Waals surface area contributed by atoms with Crippen molar-refractivity contribution in [3.05, 3.63) is 0 Å². The fraction of sp³-hybridized carbons (Fsp3) is 1.00. The van der Waals surface area contributed by atoms with Crippen LogP contribution >= 0.6 is 0 Å². The van der Waals surface area contributed by atoms with E-state index in [9.17, 15) is 5.11 Å². The molecule has 0 spiro atoms. The van der Waals surface area contributed by atoms with Crippen LogP contribution in [0.3, 0.4) is 0 Å². The van der Waals surface area contributed by atoms with Gasteiger partial charge in [0.15, 0.2) is 0 Å². The molecule has 106 valence electrons. The number of likely N-dealkylation sites (tertiary alicyclic amines) is 1. The van der Waals surface area contributed by atoms with Gasteiger partial charge in [0.25, 0.3) is 0 Å². The number of hydrogen-bond acceptors (Lipinski definition) is 4. The summed E-state index contributed by atoms with van der Waals surface area (Å²) in [6.07, 6.45) is 5.46. The lowest BCUT2D eigenvalue weighted by Gasteiger charge is -2.39. The summed E-state index contributed by atoms with van der Waals surface area (Å²) < 4.78 is 0. The minimum atomic E-state index is -0.146. The molecule has 0 aromatic carbocycles. The van der Waals surface area contributed by atoms with E-state index in [1.807, 2.05) is 6.92 Å². The number of aliphatic hydroxyl groups is 2. The smallest absolute Gasteiger partial charge is 0.0556 e. The Kier molecular flexibility index (Phi) is 5.42. The number of rotatable bonds is 7. The summed E-state index contributed by atoms with van der Waals surface area (Å²) in [7, 11) is 0. The van der Waals surface area contributed by atoms with Crippen LogP contribution in [0.5, 0.6) is 0 Å². The van der Waals surface area contributed by atoms with Gasteiger partial charge in [0.05, 0.1) is 12.7 Å². The summed E-state index contributed by atoms with van der Waals surface area (Å²) in [5.41, 5.74) is 0. The molecule has 3 N–H and O–H groups in total. The Balaban J connectivity index is 1.84. The molecule has 3 atom stereocenters. The molecule has 1 aliphatic carbocycles. The van der Waals surface area contributed by atoms with Crippen molar-refractivity contribution in [2.24, 2.45) is 5.92 Å². The van der Waals surface area contributed by atoms with Crippen LogP contribution < -0.4 is 5.32 Å². The highest BCUT2D eigenvalue weighted by molar-refractivity contribution is 4.92. The lowest BCUT2D eigenvalue weighted by Crippen LogP contribution is -2.51. The lowest BCUT2D eigenvalue weighted by molar-refractivity contribution is 0.0791. The summed E-state index contributed by atoms with van der Waals surface area (Å²) in [5.74, 6) is 0.602. The maximum Gasteiger partial charge on any atom is 0.0556 e. The molecule has 0 radical (unpaired) electrons. The van der Waals surface area contributed by atoms with Gasteiger partial charge in [0.1, 0.15) is 0 Å². The minimum absolute atomic E-state index is 0.146. The Hall–Kier alpha value is -0.160. The standard InChI is InChI=1S/C14H28N2O2/c1-2-14(18)8-11-7-12(15-5-6-17)10-16(9-11)13-3-4-13/h11-15,17-18H,2-10H2,1H3. The topological polar surface area (TPSA) is 55.7 Å². The molecule has 1 aliphatic heterocycles. The van der Waals surface area contributed by atoms with Crippen molar-refractivity contribution < 1.29 is 10.2 Å². The van der Waals surface area contributed by atoms with E-state index in [4.69, 9.17) is 5.11 Å². The average Bonchev–Trinajstić information content (AvgIpc) is 3.20. The predicted molar refractivity (Wildman–Crippen MR) is 72.5 cm³/mol. The second kappa shape index (κ2) is 6.85. The molecule has 3 unspecified atom stereocenters. The maximum absolute atomic E-state index is 9.83. The monoisotopic (exact) mass is 256 g/mol. The summed E-state index contributed by atoms with van der Waals surface area (Å²) >= 11 is 0. The van der Waals surface area contributed by atoms with Gasteiger partial charge in [-0.25, -0.2) is 0 Å². The second-order valence-corrected chi connectivity index (χ2v) is 5.96. The first kappa shape index (κ1) is 14.3. The molecule has 4 nitrogen and oxygen atoms in total. The largest absolute Gasteiger partial charge is 0.395 e. The third kappa shape index (κ3) is 4.19. The number of nitrogens with one attached hydrogen (secondary N) is 1. The van der Waals surface area contributed by atoms with Gasteiger partial charge in [-0.15, -0.1) is 0 Å². The zero-order valence-electron chi connectivity index (χ0n) is 11.5. The van der Waals surface area contributed by atoms with Crippen molar-refractivity contribution in [1.29, 1.82) is 0 Å². The number of nitrogens with zero attached hydrogens (tertiary/aromatic N) is 1. The van der Waals surface area contributed by atoms with Gasteiger partial charge in [-0.3, -0.25) is 4.90 Å². The first-order chi connectivity index (χ1) is 8.72. The molecule has 0 bridgehead atoms. The fourth-order valence-corrected chi connectivity index (χ4v) is 3.12. The van der Waals surface area contributed by atoms with Gasteiger partial charge in [-0.1, -0.05) is 6.92 Å². The highest BCUT2D eigenvalue weighted by Gasteiger charge is 2.36. The number of hydrogen-bond donors (Lipinski definition) is 3. The Labute approximate surface area is 110 Å². The molecular weight excluding hydrogens is 228 g/mol. The molecule has 1 saturated heterocycles. The Morgan fingerprint density at radius 1 is 1.33 bits per heavy atom. The Bertz CT molecular complexity index is 246. The molecule has 1 saturated carbocycles. The van der Waals surface area contributed by atoms with Crippen molar-refractivity contribution >= 4 is 0 Å². The molecule has 0 aromatic heterocycles. The molecule has 2 aliphatic rings. The van der Waals surface area contributed by atoms with Crippen molar-refractivity contribution in [2.75, 3.05) is 26.2 Å². The molecule has 1 heterocycles. The average molecular weight is 256 g/mol. The van der Waals surface area contributed by atoms with Crippen LogP contribution in [-0.4, -0.2) is 59.5 Å². The van der Waals surface area contributed by atoms with Crippen LogP contribution in [0, 0.1) is 5.92 Å². The summed E-state index contributed by atoms with van der Waals surface area (Å²) in [4.78, 5) is 2.59. The van der Waals surface area contributed by atoms with Crippen molar-refractivity contribution in [1.82, 2.24) is 10.2 Å². The van der Waals surface area contributed by atoms with E-state index in [0.717, 1.165) is 38.4 Å². The van der Waals surface area contributed by atoms with Gasteiger partial charge in [-0.05, 0) is 38.0 Å². The van der Waals surface area contributed by atoms with Crippen LogP contribution in [0.15, 0.2) is 0 Å². The fourth-order valence-electron chi connectivity index (χ4n) is 3.12. The molecule has 0 amide bonds. The molecule has 18 heavy (non-hydrogen) atoms. The Morgan fingerprint density at radius 2 is 2.11 bits per heavy atom. The number of piperidine rings is 1. The van der Waals surface area contributed by atoms with Gasteiger partial charge in [0.2, 0.25) is 0 Å². The zero-order valence-corrected chi connectivity index (χ0v) is 11.5. The van der Waals surface area contributed by atoms with E-state index >= 15 is 0 Å². The van der Waals surface area contributed by atoms with Crippen LogP contribution in [0.25, 0.3) is 0 Å². The van der Waals surface area contributed by atoms with Crippen LogP contribution in [-0.2, 0) is 0 Å². The van der Waals surface area contributed by atoms with E-state index in [1.165, 1.54) is 12.8 Å². The number of aliphatic hydroxyl groups excluding tert-OH is 2. The van der Waals surface area contributed by atoms with E-state index in [-0.39, 0.29) is 12.7 Å². The van der Waals surface area contributed by atoms with E-state index in [0.29, 0.717) is 18.5 Å². The minimum Gasteiger partial charge on any atom is -0.395 e. The molecule has 2 fully saturated rings. The lowest BCUT2D eigenvalue weighted by atomic mass is 9.88. The predicted octanol–water partition coefficient (Wildman–Crippen LogP) is 0.582. The maximum atomic E-state index is 9.83. The molecular formula is C14H28N2O2. The zero-order chi connectivity index (χ0) is 13.0. The van der Waals surface area contributed by atoms with E-state index < -0.39 is 0 Å². The molecule has 2 rings (SSSR count). The van der Waals surface area contributed by atoms with Crippen LogP contribution in [0.4, 0.5) is 0 Å². The first-order valence-electron chi connectivity index (χ1n) is 7.49. The highest BCUT2D eigenvalue weighted by atomic mass is 16.3. The SMILES string of the molecule is CCC(O)CC1CC(NCCO)CN(C2CC2)C1. The van der Waals surface area contributed by atoms with Crippen LogP contribution in [0.1, 0.15) is 39.0 Å². The van der Waals surface area contributed by atoms with Crippen LogP contribution in [0.2, 0.25) is 0 Å². The highest BCUT2D eigenvalue weighted by Crippen LogP contribution is 2.32. The third-order valence-corrected chi connectivity index (χ3v) is 4.25. The van der Waals surface area contributed by atoms with Gasteiger partial charge >= 0.3 is 0 Å². The molecule has 4 heteroatoms. The second-order valence-electron chi connectivity index (χ2n) is 5.96. The summed E-state index contributed by atoms with van der Waals surface area (Å²) in [6, 6.07) is 1.28. The van der Waals surface area contributed by atoms with Gasteiger partial charge < -0.3 is 15.5 Å². The quantitative estimate of drug-likeness (QED) is 0.624. The van der Waals surface area contributed by atoms with E-state index in [2.05, 4.69) is 10.2 Å². The van der Waals surface area contributed by atoms with Gasteiger partial charge in [-0.2, -0.15) is 0 Å². The third-order valence-electron chi connectivity index (χ3n) is 4.25. The van der Waals surface area contributed by atoms with E-state index in [1.54, 1.807) is 0 Å². The van der Waals surface area contributed by atoms with Crippen molar-refractivity contribution in [3.63, 3.8) is 0 Å². The first-order valence-corrected chi connectivity index (χ1v) is 7.49. The summed E-state index contributed by atoms with van der Waals surface area (Å²) in [5, 5.41) is 22.2. The van der Waals surface area contributed by atoms with Crippen molar-refractivity contribution in [3.8, 4) is 0 Å². The Morgan fingerprint density at radius 3 is 2.72 bits per heavy atom. The molecule has 0 aromatic rings.